The second-order valence-electron chi connectivity index (χ2n) is 10.3. The predicted octanol–water partition coefficient (Wildman–Crippen LogP) is 5.45. The van der Waals surface area contributed by atoms with Crippen LogP contribution in [0.5, 0.6) is 0 Å². The van der Waals surface area contributed by atoms with E-state index in [1.165, 1.54) is 18.9 Å². The van der Waals surface area contributed by atoms with Crippen molar-refractivity contribution in [1.82, 2.24) is 10.3 Å². The maximum absolute atomic E-state index is 13.8. The van der Waals surface area contributed by atoms with Gasteiger partial charge in [0.15, 0.2) is 0 Å². The monoisotopic (exact) mass is 413 g/mol. The number of hydrogen-bond donors (Lipinski definition) is 1. The Morgan fingerprint density at radius 1 is 1.30 bits per heavy atom. The van der Waals surface area contributed by atoms with Crippen molar-refractivity contribution in [3.05, 3.63) is 35.6 Å². The van der Waals surface area contributed by atoms with Gasteiger partial charge in [-0.2, -0.15) is 5.10 Å². The van der Waals surface area contributed by atoms with Gasteiger partial charge in [-0.15, -0.1) is 0 Å². The molecule has 1 aromatic carbocycles. The SMILES string of the molecule is CCCCCN1N=C(C(=O)N[C@H]2C[C@H]3CC[C@]2(C)C3(C)C)CC1c1cccc(F)c1. The smallest absolute Gasteiger partial charge is 0.267 e. The van der Waals surface area contributed by atoms with Crippen molar-refractivity contribution >= 4 is 11.6 Å². The first-order valence-electron chi connectivity index (χ1n) is 11.7. The standard InChI is InChI=1S/C25H36FN3O/c1-5-6-7-13-29-21(17-9-8-10-19(26)14-17)16-20(28-29)23(30)27-22-15-18-11-12-25(22,4)24(18,2)3/h8-10,14,18,21-22H,5-7,11-13,15-16H2,1-4H3,(H,27,30)/t18-,21?,22+,25+/m1/s1. The number of benzene rings is 1. The molecule has 1 amide bonds. The van der Waals surface area contributed by atoms with Crippen molar-refractivity contribution < 1.29 is 9.18 Å². The zero-order chi connectivity index (χ0) is 21.5. The second-order valence-corrected chi connectivity index (χ2v) is 10.3. The molecule has 1 aliphatic heterocycles. The third-order valence-electron chi connectivity index (χ3n) is 8.58. The highest BCUT2D eigenvalue weighted by Crippen LogP contribution is 2.65. The largest absolute Gasteiger partial charge is 0.348 e. The number of amides is 1. The van der Waals surface area contributed by atoms with E-state index in [2.05, 4.69) is 33.0 Å². The van der Waals surface area contributed by atoms with E-state index in [1.807, 2.05) is 11.1 Å². The summed E-state index contributed by atoms with van der Waals surface area (Å²) >= 11 is 0. The number of hydrazone groups is 1. The molecule has 4 nitrogen and oxygen atoms in total. The summed E-state index contributed by atoms with van der Waals surface area (Å²) in [6.45, 7) is 10.0. The summed E-state index contributed by atoms with van der Waals surface area (Å²) < 4.78 is 13.8. The molecule has 4 atom stereocenters. The lowest BCUT2D eigenvalue weighted by molar-refractivity contribution is -0.116. The summed E-state index contributed by atoms with van der Waals surface area (Å²) in [5.74, 6) is 0.406. The lowest BCUT2D eigenvalue weighted by atomic mass is 9.69. The van der Waals surface area contributed by atoms with E-state index in [0.717, 1.165) is 37.8 Å². The first-order chi connectivity index (χ1) is 14.3. The summed E-state index contributed by atoms with van der Waals surface area (Å²) in [7, 11) is 0. The molecule has 164 valence electrons. The van der Waals surface area contributed by atoms with Gasteiger partial charge >= 0.3 is 0 Å². The Balaban J connectivity index is 1.49. The third-order valence-corrected chi connectivity index (χ3v) is 8.58. The minimum absolute atomic E-state index is 0.0380. The molecule has 30 heavy (non-hydrogen) atoms. The fourth-order valence-corrected chi connectivity index (χ4v) is 6.09. The number of nitrogens with one attached hydrogen (secondary N) is 1. The van der Waals surface area contributed by atoms with Gasteiger partial charge in [-0.3, -0.25) is 9.80 Å². The van der Waals surface area contributed by atoms with Crippen LogP contribution < -0.4 is 5.32 Å². The molecule has 2 aliphatic carbocycles. The minimum atomic E-state index is -0.240. The van der Waals surface area contributed by atoms with E-state index in [-0.39, 0.29) is 34.6 Å². The van der Waals surface area contributed by atoms with Crippen LogP contribution in [0.15, 0.2) is 29.4 Å². The number of rotatable bonds is 7. The van der Waals surface area contributed by atoms with Gasteiger partial charge in [0.1, 0.15) is 11.5 Å². The van der Waals surface area contributed by atoms with Gasteiger partial charge in [-0.05, 0) is 60.1 Å². The van der Waals surface area contributed by atoms with Crippen molar-refractivity contribution in [1.29, 1.82) is 0 Å². The maximum Gasteiger partial charge on any atom is 0.267 e. The van der Waals surface area contributed by atoms with E-state index in [4.69, 9.17) is 5.10 Å². The summed E-state index contributed by atoms with van der Waals surface area (Å²) in [6, 6.07) is 6.87. The topological polar surface area (TPSA) is 44.7 Å². The molecule has 0 spiro atoms. The van der Waals surface area contributed by atoms with Crippen molar-refractivity contribution in [3.63, 3.8) is 0 Å². The number of carbonyl (C=O) groups excluding carboxylic acids is 1. The molecule has 1 aromatic rings. The molecule has 4 rings (SSSR count). The van der Waals surface area contributed by atoms with Crippen LogP contribution in [0.4, 0.5) is 4.39 Å². The van der Waals surface area contributed by atoms with Crippen LogP contribution in [-0.4, -0.2) is 29.2 Å². The fourth-order valence-electron chi connectivity index (χ4n) is 6.09. The number of unbranched alkanes of at least 4 members (excludes halogenated alkanes) is 2. The van der Waals surface area contributed by atoms with E-state index < -0.39 is 0 Å². The molecule has 2 bridgehead atoms. The van der Waals surface area contributed by atoms with Gasteiger partial charge in [0.05, 0.1) is 6.04 Å². The molecule has 1 unspecified atom stereocenters. The number of nitrogens with zero attached hydrogens (tertiary/aromatic N) is 2. The van der Waals surface area contributed by atoms with Gasteiger partial charge < -0.3 is 5.32 Å². The molecule has 1 N–H and O–H groups in total. The Kier molecular flexibility index (Phi) is 5.67. The summed E-state index contributed by atoms with van der Waals surface area (Å²) in [6.07, 6.45) is 7.33. The van der Waals surface area contributed by atoms with Crippen LogP contribution in [0.1, 0.15) is 84.2 Å². The van der Waals surface area contributed by atoms with Crippen LogP contribution in [0, 0.1) is 22.6 Å². The highest BCUT2D eigenvalue weighted by atomic mass is 19.1. The van der Waals surface area contributed by atoms with E-state index in [0.29, 0.717) is 18.1 Å². The van der Waals surface area contributed by atoms with Gasteiger partial charge in [-0.25, -0.2) is 4.39 Å². The summed E-state index contributed by atoms with van der Waals surface area (Å²) in [4.78, 5) is 13.2. The lowest BCUT2D eigenvalue weighted by Crippen LogP contribution is -2.48. The van der Waals surface area contributed by atoms with E-state index >= 15 is 0 Å². The van der Waals surface area contributed by atoms with Gasteiger partial charge in [0.2, 0.25) is 0 Å². The third kappa shape index (κ3) is 3.54. The maximum atomic E-state index is 13.8. The average molecular weight is 414 g/mol. The van der Waals surface area contributed by atoms with Crippen LogP contribution in [-0.2, 0) is 4.79 Å². The van der Waals surface area contributed by atoms with Gasteiger partial charge in [-0.1, -0.05) is 52.7 Å². The summed E-state index contributed by atoms with van der Waals surface area (Å²) in [5.41, 5.74) is 1.89. The number of fused-ring (bicyclic) bond motifs is 2. The number of hydrogen-bond acceptors (Lipinski definition) is 3. The highest BCUT2D eigenvalue weighted by molar-refractivity contribution is 6.39. The zero-order valence-electron chi connectivity index (χ0n) is 18.9. The first kappa shape index (κ1) is 21.3. The molecule has 0 saturated heterocycles. The van der Waals surface area contributed by atoms with Crippen LogP contribution in [0.25, 0.3) is 0 Å². The lowest BCUT2D eigenvalue weighted by Gasteiger charge is -2.39. The average Bonchev–Trinajstić information content (AvgIpc) is 3.28. The van der Waals surface area contributed by atoms with Crippen LogP contribution in [0.3, 0.4) is 0 Å². The van der Waals surface area contributed by atoms with E-state index in [9.17, 15) is 9.18 Å². The Bertz CT molecular complexity index is 835. The number of halogens is 1. The van der Waals surface area contributed by atoms with Crippen LogP contribution >= 0.6 is 0 Å². The molecular formula is C25H36FN3O. The van der Waals surface area contributed by atoms with Gasteiger partial charge in [0, 0.05) is 19.0 Å². The molecular weight excluding hydrogens is 377 g/mol. The first-order valence-corrected chi connectivity index (χ1v) is 11.7. The summed E-state index contributed by atoms with van der Waals surface area (Å²) in [5, 5.41) is 10.1. The Morgan fingerprint density at radius 3 is 2.73 bits per heavy atom. The number of carbonyl (C=O) groups is 1. The minimum Gasteiger partial charge on any atom is -0.348 e. The molecule has 2 fully saturated rings. The molecule has 5 heteroatoms. The quantitative estimate of drug-likeness (QED) is 0.604. The predicted molar refractivity (Wildman–Crippen MR) is 119 cm³/mol. The highest BCUT2D eigenvalue weighted by Gasteiger charge is 2.61. The van der Waals surface area contributed by atoms with Crippen molar-refractivity contribution in [2.24, 2.45) is 21.8 Å². The Morgan fingerprint density at radius 2 is 2.10 bits per heavy atom. The molecule has 3 aliphatic rings. The van der Waals surface area contributed by atoms with Gasteiger partial charge in [0.25, 0.3) is 5.91 Å². The zero-order valence-corrected chi connectivity index (χ0v) is 18.9. The molecule has 0 aromatic heterocycles. The molecule has 0 radical (unpaired) electrons. The molecule has 2 saturated carbocycles. The van der Waals surface area contributed by atoms with E-state index in [1.54, 1.807) is 12.1 Å². The Hall–Kier alpha value is -1.91. The fraction of sp³-hybridized carbons (Fsp3) is 0.680. The van der Waals surface area contributed by atoms with Crippen LogP contribution in [0.2, 0.25) is 0 Å². The normalized spacial score (nSPS) is 31.8. The second kappa shape index (κ2) is 7.97. The van der Waals surface area contributed by atoms with Crippen molar-refractivity contribution in [2.75, 3.05) is 6.54 Å². The van der Waals surface area contributed by atoms with Crippen molar-refractivity contribution in [3.8, 4) is 0 Å². The Labute approximate surface area is 180 Å². The molecule has 1 heterocycles. The van der Waals surface area contributed by atoms with Crippen molar-refractivity contribution in [2.45, 2.75) is 84.7 Å².